The monoisotopic (exact) mass is 424 g/mol. The molecule has 0 bridgehead atoms. The van der Waals surface area contributed by atoms with Crippen molar-refractivity contribution in [3.8, 4) is 0 Å². The Balaban J connectivity index is 0.000000443. The van der Waals surface area contributed by atoms with Crippen LogP contribution in [0.15, 0.2) is 0 Å². The molecule has 0 aliphatic heterocycles. The molecule has 0 aromatic heterocycles. The molecule has 0 spiro atoms. The van der Waals surface area contributed by atoms with E-state index in [0.29, 0.717) is 5.92 Å². The Morgan fingerprint density at radius 1 is 0.680 bits per heavy atom. The summed E-state index contributed by atoms with van der Waals surface area (Å²) in [6.07, 6.45) is 13.3. The molecule has 5 nitrogen and oxygen atoms in total. The molecule has 2 aliphatic carbocycles. The summed E-state index contributed by atoms with van der Waals surface area (Å²) in [7, 11) is -2.07. The van der Waals surface area contributed by atoms with Crippen molar-refractivity contribution in [2.45, 2.75) is 77.0 Å². The van der Waals surface area contributed by atoms with Crippen LogP contribution in [-0.2, 0) is 19.2 Å². The maximum atomic E-state index is 10.8. The fourth-order valence-electron chi connectivity index (χ4n) is 3.63. The van der Waals surface area contributed by atoms with Gasteiger partial charge < -0.3 is 4.55 Å². The third kappa shape index (κ3) is 15.9. The fourth-order valence-corrected chi connectivity index (χ4v) is 5.97. The number of hydrogen-bond acceptors (Lipinski definition) is 5. The summed E-state index contributed by atoms with van der Waals surface area (Å²) >= 11 is 0. The normalized spacial score (nSPS) is 21.2. The predicted molar refractivity (Wildman–Crippen MR) is 96.6 cm³/mol. The van der Waals surface area contributed by atoms with Crippen LogP contribution in [-0.4, -0.2) is 32.9 Å². The predicted octanol–water partition coefficient (Wildman–Crippen LogP) is 1.03. The molecule has 0 saturated heterocycles. The van der Waals surface area contributed by atoms with Crippen LogP contribution in [0.1, 0.15) is 77.0 Å². The molecule has 0 atom stereocenters. The van der Waals surface area contributed by atoms with Gasteiger partial charge in [0.05, 0.1) is 15.9 Å². The van der Waals surface area contributed by atoms with Crippen LogP contribution in [0.2, 0.25) is 0 Å². The Bertz CT molecular complexity index is 485. The van der Waals surface area contributed by atoms with E-state index in [0.717, 1.165) is 51.4 Å². The van der Waals surface area contributed by atoms with Crippen LogP contribution < -0.4 is 29.6 Å². The average molecular weight is 425 g/mol. The standard InChI is InChI=1S/C8H15ClO2S.C8H16O3S.Na/c2*9-12(10,11)7-8-5-3-1-2-4-6-8;/h8H,1-7H2;8H,1-7H2,(H,9,10,11);/q;;+1/p-1. The summed E-state index contributed by atoms with van der Waals surface area (Å²) < 4.78 is 52.9. The van der Waals surface area contributed by atoms with E-state index in [1.165, 1.54) is 25.7 Å². The summed E-state index contributed by atoms with van der Waals surface area (Å²) in [5, 5.41) is 0. The van der Waals surface area contributed by atoms with Crippen molar-refractivity contribution in [2.24, 2.45) is 11.8 Å². The van der Waals surface area contributed by atoms with Gasteiger partial charge in [0.25, 0.3) is 0 Å². The third-order valence-corrected chi connectivity index (χ3v) is 6.95. The van der Waals surface area contributed by atoms with Gasteiger partial charge in [-0.3, -0.25) is 0 Å². The van der Waals surface area contributed by atoms with Crippen LogP contribution in [0.5, 0.6) is 0 Å². The second-order valence-electron chi connectivity index (χ2n) is 7.15. The SMILES string of the molecule is O=S(=O)(Cl)CC1CCCCCC1.O=S(=O)([O-])CC1CCCCCC1.[Na+]. The molecular weight excluding hydrogens is 395 g/mol. The molecule has 2 saturated carbocycles. The zero-order valence-corrected chi connectivity index (χ0v) is 19.7. The Labute approximate surface area is 180 Å². The van der Waals surface area contributed by atoms with Crippen molar-refractivity contribution in [3.63, 3.8) is 0 Å². The molecule has 0 radical (unpaired) electrons. The van der Waals surface area contributed by atoms with Gasteiger partial charge in [-0.1, -0.05) is 51.4 Å². The summed E-state index contributed by atoms with van der Waals surface area (Å²) in [6, 6.07) is 0. The Morgan fingerprint density at radius 3 is 1.28 bits per heavy atom. The second-order valence-corrected chi connectivity index (χ2v) is 11.4. The molecule has 0 unspecified atom stereocenters. The molecule has 0 aromatic rings. The van der Waals surface area contributed by atoms with Crippen LogP contribution >= 0.6 is 10.7 Å². The molecule has 2 fully saturated rings. The quantitative estimate of drug-likeness (QED) is 0.291. The van der Waals surface area contributed by atoms with Gasteiger partial charge in [-0.05, 0) is 37.5 Å². The Hall–Kier alpha value is 1.15. The van der Waals surface area contributed by atoms with Crippen molar-refractivity contribution >= 4 is 29.9 Å². The van der Waals surface area contributed by atoms with Crippen LogP contribution in [0.4, 0.5) is 0 Å². The second kappa shape index (κ2) is 13.3. The molecule has 25 heavy (non-hydrogen) atoms. The van der Waals surface area contributed by atoms with E-state index in [9.17, 15) is 21.4 Å². The van der Waals surface area contributed by atoms with Crippen molar-refractivity contribution < 1.29 is 50.9 Å². The number of halogens is 1. The molecule has 2 rings (SSSR count). The van der Waals surface area contributed by atoms with E-state index in [1.54, 1.807) is 0 Å². The first kappa shape index (κ1) is 26.1. The van der Waals surface area contributed by atoms with Crippen LogP contribution in [0.3, 0.4) is 0 Å². The minimum absolute atomic E-state index is 0. The summed E-state index contributed by atoms with van der Waals surface area (Å²) in [4.78, 5) is 0. The van der Waals surface area contributed by atoms with Crippen LogP contribution in [0.25, 0.3) is 0 Å². The molecule has 0 N–H and O–H groups in total. The fraction of sp³-hybridized carbons (Fsp3) is 1.00. The van der Waals surface area contributed by atoms with Gasteiger partial charge in [0.2, 0.25) is 9.05 Å². The number of hydrogen-bond donors (Lipinski definition) is 0. The van der Waals surface area contributed by atoms with E-state index >= 15 is 0 Å². The van der Waals surface area contributed by atoms with E-state index in [2.05, 4.69) is 0 Å². The van der Waals surface area contributed by atoms with Crippen molar-refractivity contribution in [1.82, 2.24) is 0 Å². The Kier molecular flexibility index (Phi) is 14.0. The largest absolute Gasteiger partial charge is 1.00 e. The Morgan fingerprint density at radius 2 is 1.00 bits per heavy atom. The maximum Gasteiger partial charge on any atom is 1.00 e. The van der Waals surface area contributed by atoms with Crippen LogP contribution in [0, 0.1) is 11.8 Å². The van der Waals surface area contributed by atoms with Gasteiger partial charge in [-0.15, -0.1) is 0 Å². The minimum Gasteiger partial charge on any atom is -0.748 e. The van der Waals surface area contributed by atoms with E-state index in [1.807, 2.05) is 0 Å². The molecule has 0 amide bonds. The zero-order valence-electron chi connectivity index (χ0n) is 15.3. The molecular formula is C16H30ClNaO5S2. The van der Waals surface area contributed by atoms with Gasteiger partial charge in [0.1, 0.15) is 0 Å². The van der Waals surface area contributed by atoms with E-state index in [-0.39, 0.29) is 47.0 Å². The van der Waals surface area contributed by atoms with Crippen molar-refractivity contribution in [3.05, 3.63) is 0 Å². The van der Waals surface area contributed by atoms with Gasteiger partial charge in [0.15, 0.2) is 0 Å². The van der Waals surface area contributed by atoms with Crippen molar-refractivity contribution in [2.75, 3.05) is 11.5 Å². The van der Waals surface area contributed by atoms with Crippen molar-refractivity contribution in [1.29, 1.82) is 0 Å². The molecule has 144 valence electrons. The minimum atomic E-state index is -3.99. The topological polar surface area (TPSA) is 91.3 Å². The van der Waals surface area contributed by atoms with E-state index < -0.39 is 19.2 Å². The first-order valence-corrected chi connectivity index (χ1v) is 13.1. The molecule has 9 heteroatoms. The molecule has 0 heterocycles. The molecule has 2 aliphatic rings. The van der Waals surface area contributed by atoms with Gasteiger partial charge in [-0.25, -0.2) is 16.8 Å². The zero-order chi connectivity index (χ0) is 18.1. The first-order valence-electron chi connectivity index (χ1n) is 9.01. The summed E-state index contributed by atoms with van der Waals surface area (Å²) in [6.45, 7) is 0. The van der Waals surface area contributed by atoms with Gasteiger partial charge in [0, 0.05) is 16.4 Å². The summed E-state index contributed by atoms with van der Waals surface area (Å²) in [5.74, 6) is 0.478. The summed E-state index contributed by atoms with van der Waals surface area (Å²) in [5.41, 5.74) is 0. The molecule has 0 aromatic carbocycles. The number of rotatable bonds is 4. The van der Waals surface area contributed by atoms with E-state index in [4.69, 9.17) is 10.7 Å². The smallest absolute Gasteiger partial charge is 0.748 e. The maximum absolute atomic E-state index is 10.8. The average Bonchev–Trinajstić information content (AvgIpc) is 2.81. The third-order valence-electron chi connectivity index (χ3n) is 4.82. The first-order chi connectivity index (χ1) is 11.2. The van der Waals surface area contributed by atoms with Gasteiger partial charge in [-0.2, -0.15) is 0 Å². The van der Waals surface area contributed by atoms with Gasteiger partial charge >= 0.3 is 29.6 Å².